The highest BCUT2D eigenvalue weighted by atomic mass is 35.5. The van der Waals surface area contributed by atoms with Crippen LogP contribution in [-0.2, 0) is 4.74 Å². The fourth-order valence-electron chi connectivity index (χ4n) is 2.96. The molecule has 10 heteroatoms. The lowest BCUT2D eigenvalue weighted by molar-refractivity contribution is 0.0240. The number of fused-ring (bicyclic) bond motifs is 1. The molecule has 0 spiro atoms. The van der Waals surface area contributed by atoms with Gasteiger partial charge in [0.15, 0.2) is 0 Å². The van der Waals surface area contributed by atoms with Crippen molar-refractivity contribution in [3.8, 4) is 0 Å². The van der Waals surface area contributed by atoms with E-state index in [9.17, 15) is 14.8 Å². The molecule has 8 nitrogen and oxygen atoms in total. The highest BCUT2D eigenvalue weighted by Gasteiger charge is 2.27. The first-order chi connectivity index (χ1) is 12.7. The van der Waals surface area contributed by atoms with Crippen LogP contribution in [0.5, 0.6) is 0 Å². The van der Waals surface area contributed by atoms with Gasteiger partial charge >= 0.3 is 13.2 Å². The Balaban J connectivity index is 1.79. The molecule has 2 heterocycles. The number of hydrogen-bond acceptors (Lipinski definition) is 7. The molecule has 0 unspecified atom stereocenters. The predicted octanol–water partition coefficient (Wildman–Crippen LogP) is 1.02. The normalized spacial score (nSPS) is 15.2. The summed E-state index contributed by atoms with van der Waals surface area (Å²) >= 11 is 6.17. The van der Waals surface area contributed by atoms with Gasteiger partial charge in [-0.15, -0.1) is 0 Å². The Morgan fingerprint density at radius 1 is 1.19 bits per heavy atom. The van der Waals surface area contributed by atoms with Crippen molar-refractivity contribution in [2.24, 2.45) is 0 Å². The van der Waals surface area contributed by atoms with Gasteiger partial charge in [-0.05, 0) is 32.9 Å². The molecule has 1 aliphatic heterocycles. The minimum Gasteiger partial charge on any atom is -0.444 e. The van der Waals surface area contributed by atoms with Crippen molar-refractivity contribution in [3.63, 3.8) is 0 Å². The van der Waals surface area contributed by atoms with Gasteiger partial charge < -0.3 is 24.6 Å². The third-order valence-electron chi connectivity index (χ3n) is 4.24. The molecule has 3 rings (SSSR count). The Morgan fingerprint density at radius 3 is 2.44 bits per heavy atom. The second kappa shape index (κ2) is 7.50. The van der Waals surface area contributed by atoms with Gasteiger partial charge in [-0.25, -0.2) is 14.8 Å². The molecule has 1 aliphatic rings. The molecule has 2 N–H and O–H groups in total. The summed E-state index contributed by atoms with van der Waals surface area (Å²) in [6.07, 6.45) is 1.11. The zero-order valence-electron chi connectivity index (χ0n) is 15.5. The van der Waals surface area contributed by atoms with Crippen molar-refractivity contribution in [1.82, 2.24) is 14.9 Å². The molecule has 0 atom stereocenters. The molecule has 0 saturated carbocycles. The number of amides is 1. The molecule has 2 aromatic rings. The Kier molecular flexibility index (Phi) is 5.46. The lowest BCUT2D eigenvalue weighted by Crippen LogP contribution is -2.50. The molecular formula is C17H22BClN4O4. The summed E-state index contributed by atoms with van der Waals surface area (Å²) in [6, 6.07) is 3.19. The predicted molar refractivity (Wildman–Crippen MR) is 104 cm³/mol. The summed E-state index contributed by atoms with van der Waals surface area (Å²) in [6.45, 7) is 7.74. The van der Waals surface area contributed by atoms with Crippen LogP contribution in [0, 0.1) is 0 Å². The number of ether oxygens (including phenoxy) is 1. The van der Waals surface area contributed by atoms with Gasteiger partial charge in [0, 0.05) is 42.1 Å². The number of carbonyl (C=O) groups is 1. The Bertz CT molecular complexity index is 851. The van der Waals surface area contributed by atoms with Gasteiger partial charge in [0.2, 0.25) is 0 Å². The molecule has 0 bridgehead atoms. The van der Waals surface area contributed by atoms with Crippen LogP contribution in [-0.4, -0.2) is 69.9 Å². The van der Waals surface area contributed by atoms with E-state index in [1.54, 1.807) is 17.0 Å². The zero-order chi connectivity index (χ0) is 19.8. The monoisotopic (exact) mass is 392 g/mol. The van der Waals surface area contributed by atoms with E-state index in [-0.39, 0.29) is 16.6 Å². The molecule has 1 amide bonds. The molecule has 27 heavy (non-hydrogen) atoms. The van der Waals surface area contributed by atoms with E-state index in [4.69, 9.17) is 16.3 Å². The van der Waals surface area contributed by atoms with E-state index >= 15 is 0 Å². The highest BCUT2D eigenvalue weighted by molar-refractivity contribution is 6.63. The molecule has 1 aromatic heterocycles. The number of rotatable bonds is 2. The fourth-order valence-corrected chi connectivity index (χ4v) is 3.22. The number of piperazine rings is 1. The quantitative estimate of drug-likeness (QED) is 0.736. The van der Waals surface area contributed by atoms with E-state index in [0.29, 0.717) is 37.5 Å². The fraction of sp³-hybridized carbons (Fsp3) is 0.471. The first-order valence-corrected chi connectivity index (χ1v) is 9.06. The van der Waals surface area contributed by atoms with E-state index in [1.807, 2.05) is 20.8 Å². The SMILES string of the molecule is CC(C)(C)OC(=O)N1CCN(c2ncnc3cc(B(O)O)c(Cl)cc23)CC1. The van der Waals surface area contributed by atoms with Crippen LogP contribution in [0.15, 0.2) is 18.5 Å². The average molecular weight is 393 g/mol. The summed E-state index contributed by atoms with van der Waals surface area (Å²) < 4.78 is 5.42. The van der Waals surface area contributed by atoms with Crippen LogP contribution >= 0.6 is 11.6 Å². The summed E-state index contributed by atoms with van der Waals surface area (Å²) in [5, 5.41) is 19.8. The first kappa shape index (κ1) is 19.7. The van der Waals surface area contributed by atoms with Crippen LogP contribution in [0.3, 0.4) is 0 Å². The maximum absolute atomic E-state index is 12.2. The minimum absolute atomic E-state index is 0.198. The van der Waals surface area contributed by atoms with E-state index in [2.05, 4.69) is 14.9 Å². The van der Waals surface area contributed by atoms with Gasteiger partial charge in [0.05, 0.1) is 5.52 Å². The smallest absolute Gasteiger partial charge is 0.444 e. The lowest BCUT2D eigenvalue weighted by Gasteiger charge is -2.36. The molecule has 0 aliphatic carbocycles. The third-order valence-corrected chi connectivity index (χ3v) is 4.57. The number of benzene rings is 1. The van der Waals surface area contributed by atoms with Crippen molar-refractivity contribution in [2.45, 2.75) is 26.4 Å². The van der Waals surface area contributed by atoms with Gasteiger partial charge in [-0.1, -0.05) is 11.6 Å². The van der Waals surface area contributed by atoms with Crippen LogP contribution < -0.4 is 10.4 Å². The summed E-state index contributed by atoms with van der Waals surface area (Å²) in [5.74, 6) is 0.699. The van der Waals surface area contributed by atoms with Crippen LogP contribution in [0.1, 0.15) is 20.8 Å². The van der Waals surface area contributed by atoms with Gasteiger partial charge in [-0.2, -0.15) is 0 Å². The second-order valence-corrected chi connectivity index (χ2v) is 7.82. The summed E-state index contributed by atoms with van der Waals surface area (Å²) in [5.41, 5.74) is 0.244. The van der Waals surface area contributed by atoms with Crippen molar-refractivity contribution in [1.29, 1.82) is 0 Å². The average Bonchev–Trinajstić information content (AvgIpc) is 2.59. The number of aromatic nitrogens is 2. The van der Waals surface area contributed by atoms with Gasteiger partial charge in [-0.3, -0.25) is 0 Å². The highest BCUT2D eigenvalue weighted by Crippen LogP contribution is 2.26. The van der Waals surface area contributed by atoms with Crippen LogP contribution in [0.25, 0.3) is 10.9 Å². The maximum Gasteiger partial charge on any atom is 0.490 e. The number of halogens is 1. The number of nitrogens with zero attached hydrogens (tertiary/aromatic N) is 4. The number of hydrogen-bond donors (Lipinski definition) is 2. The summed E-state index contributed by atoms with van der Waals surface area (Å²) in [7, 11) is -1.67. The molecule has 144 valence electrons. The Hall–Kier alpha value is -2.10. The van der Waals surface area contributed by atoms with Gasteiger partial charge in [0.25, 0.3) is 0 Å². The van der Waals surface area contributed by atoms with Crippen molar-refractivity contribution in [3.05, 3.63) is 23.5 Å². The molecular weight excluding hydrogens is 370 g/mol. The Labute approximate surface area is 162 Å². The molecule has 1 aromatic carbocycles. The molecule has 1 saturated heterocycles. The van der Waals surface area contributed by atoms with Crippen LogP contribution in [0.2, 0.25) is 5.02 Å². The standard InChI is InChI=1S/C17H22BClN4O4/c1-17(2,3)27-16(24)23-6-4-22(5-7-23)15-11-8-13(19)12(18(25)26)9-14(11)20-10-21-15/h8-10,25-26H,4-7H2,1-3H3. The van der Waals surface area contributed by atoms with Gasteiger partial charge in [0.1, 0.15) is 17.7 Å². The van der Waals surface area contributed by atoms with Crippen molar-refractivity contribution in [2.75, 3.05) is 31.1 Å². The molecule has 0 radical (unpaired) electrons. The number of anilines is 1. The topological polar surface area (TPSA) is 99.0 Å². The van der Waals surface area contributed by atoms with E-state index in [0.717, 1.165) is 5.39 Å². The molecule has 1 fully saturated rings. The van der Waals surface area contributed by atoms with E-state index < -0.39 is 12.7 Å². The minimum atomic E-state index is -1.67. The third kappa shape index (κ3) is 4.43. The first-order valence-electron chi connectivity index (χ1n) is 8.69. The van der Waals surface area contributed by atoms with Crippen molar-refractivity contribution >= 4 is 47.0 Å². The Morgan fingerprint density at radius 2 is 1.85 bits per heavy atom. The lowest BCUT2D eigenvalue weighted by atomic mass is 9.80. The maximum atomic E-state index is 12.2. The van der Waals surface area contributed by atoms with Crippen molar-refractivity contribution < 1.29 is 19.6 Å². The largest absolute Gasteiger partial charge is 0.490 e. The zero-order valence-corrected chi connectivity index (χ0v) is 16.3. The summed E-state index contributed by atoms with van der Waals surface area (Å²) in [4.78, 5) is 24.5. The van der Waals surface area contributed by atoms with Crippen LogP contribution in [0.4, 0.5) is 10.6 Å². The van der Waals surface area contributed by atoms with E-state index in [1.165, 1.54) is 6.33 Å². The number of carbonyl (C=O) groups excluding carboxylic acids is 1. The second-order valence-electron chi connectivity index (χ2n) is 7.42.